The number of piperazine rings is 1. The maximum atomic E-state index is 12.0. The van der Waals surface area contributed by atoms with Crippen LogP contribution in [-0.4, -0.2) is 81.9 Å². The Bertz CT molecular complexity index is 550. The summed E-state index contributed by atoms with van der Waals surface area (Å²) < 4.78 is 47.4. The lowest BCUT2D eigenvalue weighted by Crippen LogP contribution is -2.54. The molecule has 1 fully saturated rings. The number of hydrogen-bond acceptors (Lipinski definition) is 6. The third-order valence-electron chi connectivity index (χ3n) is 3.38. The molecule has 0 bridgehead atoms. The predicted molar refractivity (Wildman–Crippen MR) is 78.0 cm³/mol. The van der Waals surface area contributed by atoms with Gasteiger partial charge in [0, 0.05) is 32.4 Å². The zero-order chi connectivity index (χ0) is 15.6. The summed E-state index contributed by atoms with van der Waals surface area (Å²) in [6.45, 7) is 3.36. The van der Waals surface area contributed by atoms with Crippen molar-refractivity contribution in [2.24, 2.45) is 5.73 Å². The molecule has 0 aromatic carbocycles. The van der Waals surface area contributed by atoms with E-state index in [2.05, 4.69) is 0 Å². The topological polar surface area (TPSA) is 125 Å². The SMILES string of the molecule is CC(C(=N)N)N1CCN(S(=O)(=O)CCS(C)(=O)=O)CC1. The van der Waals surface area contributed by atoms with E-state index in [-0.39, 0.29) is 23.4 Å². The van der Waals surface area contributed by atoms with Crippen LogP contribution in [0.2, 0.25) is 0 Å². The molecule has 0 aromatic heterocycles. The highest BCUT2D eigenvalue weighted by atomic mass is 32.2. The van der Waals surface area contributed by atoms with E-state index in [1.165, 1.54) is 4.31 Å². The van der Waals surface area contributed by atoms with Crippen LogP contribution in [0.15, 0.2) is 0 Å². The lowest BCUT2D eigenvalue weighted by atomic mass is 10.2. The van der Waals surface area contributed by atoms with E-state index < -0.39 is 19.9 Å². The lowest BCUT2D eigenvalue weighted by Gasteiger charge is -2.36. The average Bonchev–Trinajstić information content (AvgIpc) is 2.35. The van der Waals surface area contributed by atoms with E-state index in [1.54, 1.807) is 6.92 Å². The number of hydrogen-bond donors (Lipinski definition) is 2. The number of amidine groups is 1. The molecule has 3 N–H and O–H groups in total. The zero-order valence-corrected chi connectivity index (χ0v) is 13.4. The Hall–Kier alpha value is -0.710. The molecule has 1 saturated heterocycles. The Balaban J connectivity index is 2.58. The van der Waals surface area contributed by atoms with Crippen molar-refractivity contribution < 1.29 is 16.8 Å². The maximum Gasteiger partial charge on any atom is 0.215 e. The highest BCUT2D eigenvalue weighted by Gasteiger charge is 2.29. The van der Waals surface area contributed by atoms with Gasteiger partial charge in [-0.1, -0.05) is 0 Å². The molecule has 10 heteroatoms. The van der Waals surface area contributed by atoms with Gasteiger partial charge in [0.05, 0.1) is 17.5 Å². The van der Waals surface area contributed by atoms with Crippen LogP contribution in [0.3, 0.4) is 0 Å². The minimum absolute atomic E-state index is 0.0541. The van der Waals surface area contributed by atoms with E-state index in [0.29, 0.717) is 26.2 Å². The molecule has 0 saturated carbocycles. The Morgan fingerprint density at radius 1 is 1.15 bits per heavy atom. The second-order valence-electron chi connectivity index (χ2n) is 5.01. The molecular formula is C10H22N4O4S2. The summed E-state index contributed by atoms with van der Waals surface area (Å²) in [5, 5.41) is 7.38. The van der Waals surface area contributed by atoms with Crippen LogP contribution in [0, 0.1) is 5.41 Å². The van der Waals surface area contributed by atoms with Crippen molar-refractivity contribution in [3.8, 4) is 0 Å². The van der Waals surface area contributed by atoms with Gasteiger partial charge in [0.15, 0.2) is 0 Å². The lowest BCUT2D eigenvalue weighted by molar-refractivity contribution is 0.173. The normalized spacial score (nSPS) is 20.7. The van der Waals surface area contributed by atoms with Crippen LogP contribution in [0.4, 0.5) is 0 Å². The molecule has 1 heterocycles. The van der Waals surface area contributed by atoms with Crippen molar-refractivity contribution in [1.82, 2.24) is 9.21 Å². The molecule has 1 rings (SSSR count). The maximum absolute atomic E-state index is 12.0. The first-order valence-electron chi connectivity index (χ1n) is 6.26. The van der Waals surface area contributed by atoms with E-state index in [9.17, 15) is 16.8 Å². The smallest absolute Gasteiger partial charge is 0.215 e. The number of sulfone groups is 1. The Morgan fingerprint density at radius 3 is 2.05 bits per heavy atom. The fourth-order valence-electron chi connectivity index (χ4n) is 1.95. The van der Waals surface area contributed by atoms with Gasteiger partial charge in [-0.2, -0.15) is 4.31 Å². The molecule has 20 heavy (non-hydrogen) atoms. The molecule has 1 unspecified atom stereocenters. The third-order valence-corrected chi connectivity index (χ3v) is 6.45. The molecule has 0 amide bonds. The Kier molecular flexibility index (Phi) is 5.53. The van der Waals surface area contributed by atoms with Gasteiger partial charge in [-0.05, 0) is 6.92 Å². The van der Waals surface area contributed by atoms with Gasteiger partial charge < -0.3 is 5.73 Å². The number of nitrogens with one attached hydrogen (secondary N) is 1. The van der Waals surface area contributed by atoms with Crippen LogP contribution in [0.1, 0.15) is 6.92 Å². The minimum Gasteiger partial charge on any atom is -0.386 e. The van der Waals surface area contributed by atoms with Crippen molar-refractivity contribution >= 4 is 25.7 Å². The highest BCUT2D eigenvalue weighted by Crippen LogP contribution is 2.11. The quantitative estimate of drug-likeness (QED) is 0.443. The summed E-state index contributed by atoms with van der Waals surface area (Å²) >= 11 is 0. The summed E-state index contributed by atoms with van der Waals surface area (Å²) in [4.78, 5) is 1.94. The second-order valence-corrected chi connectivity index (χ2v) is 9.36. The Morgan fingerprint density at radius 2 is 1.65 bits per heavy atom. The summed E-state index contributed by atoms with van der Waals surface area (Å²) in [6.07, 6.45) is 1.02. The van der Waals surface area contributed by atoms with Crippen LogP contribution < -0.4 is 5.73 Å². The summed E-state index contributed by atoms with van der Waals surface area (Å²) in [6, 6.07) is -0.212. The molecule has 0 radical (unpaired) electrons. The largest absolute Gasteiger partial charge is 0.386 e. The van der Waals surface area contributed by atoms with Crippen LogP contribution in [0.5, 0.6) is 0 Å². The first-order valence-corrected chi connectivity index (χ1v) is 9.93. The molecule has 8 nitrogen and oxygen atoms in total. The van der Waals surface area contributed by atoms with Gasteiger partial charge >= 0.3 is 0 Å². The first kappa shape index (κ1) is 17.3. The molecule has 1 aliphatic rings. The zero-order valence-electron chi connectivity index (χ0n) is 11.7. The molecular weight excluding hydrogens is 304 g/mol. The molecule has 0 spiro atoms. The van der Waals surface area contributed by atoms with Crippen molar-refractivity contribution in [2.45, 2.75) is 13.0 Å². The molecule has 0 aromatic rings. The summed E-state index contributed by atoms with van der Waals surface area (Å²) in [7, 11) is -6.84. The van der Waals surface area contributed by atoms with E-state index in [4.69, 9.17) is 11.1 Å². The molecule has 0 aliphatic carbocycles. The summed E-state index contributed by atoms with van der Waals surface area (Å²) in [5.74, 6) is -0.689. The number of rotatable bonds is 6. The van der Waals surface area contributed by atoms with Crippen molar-refractivity contribution in [1.29, 1.82) is 5.41 Å². The Labute approximate surface area is 120 Å². The van der Waals surface area contributed by atoms with Crippen LogP contribution >= 0.6 is 0 Å². The molecule has 118 valence electrons. The monoisotopic (exact) mass is 326 g/mol. The average molecular weight is 326 g/mol. The first-order chi connectivity index (χ1) is 9.03. The van der Waals surface area contributed by atoms with E-state index >= 15 is 0 Å². The van der Waals surface area contributed by atoms with Gasteiger partial charge in [0.1, 0.15) is 15.7 Å². The summed E-state index contributed by atoms with van der Waals surface area (Å²) in [5.41, 5.74) is 5.43. The fraction of sp³-hybridized carbons (Fsp3) is 0.900. The van der Waals surface area contributed by atoms with Gasteiger partial charge in [-0.3, -0.25) is 10.3 Å². The predicted octanol–water partition coefficient (Wildman–Crippen LogP) is -1.70. The minimum atomic E-state index is -3.54. The van der Waals surface area contributed by atoms with E-state index in [0.717, 1.165) is 6.26 Å². The van der Waals surface area contributed by atoms with Crippen molar-refractivity contribution in [2.75, 3.05) is 43.9 Å². The molecule has 1 aliphatic heterocycles. The van der Waals surface area contributed by atoms with E-state index in [1.807, 2.05) is 4.90 Å². The van der Waals surface area contributed by atoms with Gasteiger partial charge in [-0.15, -0.1) is 0 Å². The standard InChI is InChI=1S/C10H22N4O4S2/c1-9(10(11)12)13-3-5-14(6-4-13)20(17,18)8-7-19(2,15)16/h9H,3-8H2,1-2H3,(H3,11,12). The molecule has 1 atom stereocenters. The van der Waals surface area contributed by atoms with Crippen molar-refractivity contribution in [3.63, 3.8) is 0 Å². The number of sulfonamides is 1. The number of nitrogens with two attached hydrogens (primary N) is 1. The van der Waals surface area contributed by atoms with Gasteiger partial charge in [-0.25, -0.2) is 16.8 Å². The third kappa shape index (κ3) is 5.00. The van der Waals surface area contributed by atoms with Gasteiger partial charge in [0.25, 0.3) is 0 Å². The fourth-order valence-corrected chi connectivity index (χ4v) is 4.98. The van der Waals surface area contributed by atoms with Gasteiger partial charge in [0.2, 0.25) is 10.0 Å². The highest BCUT2D eigenvalue weighted by molar-refractivity contribution is 7.93. The second kappa shape index (κ2) is 6.37. The van der Waals surface area contributed by atoms with Crippen LogP contribution in [-0.2, 0) is 19.9 Å². The van der Waals surface area contributed by atoms with Crippen molar-refractivity contribution in [3.05, 3.63) is 0 Å². The van der Waals surface area contributed by atoms with Crippen LogP contribution in [0.25, 0.3) is 0 Å². The number of nitrogens with zero attached hydrogens (tertiary/aromatic N) is 2.